The van der Waals surface area contributed by atoms with E-state index in [9.17, 15) is 18.8 Å². The highest BCUT2D eigenvalue weighted by Gasteiger charge is 2.24. The number of H-pyrrole nitrogens is 1. The van der Waals surface area contributed by atoms with Crippen molar-refractivity contribution in [3.63, 3.8) is 0 Å². The van der Waals surface area contributed by atoms with Crippen molar-refractivity contribution in [3.8, 4) is 16.9 Å². The topological polar surface area (TPSA) is 143 Å². The van der Waals surface area contributed by atoms with Gasteiger partial charge in [-0.3, -0.25) is 14.9 Å². The molecule has 4 N–H and O–H groups in total. The van der Waals surface area contributed by atoms with Crippen LogP contribution in [0.1, 0.15) is 53.6 Å². The van der Waals surface area contributed by atoms with Gasteiger partial charge in [0.15, 0.2) is 5.82 Å². The van der Waals surface area contributed by atoms with Crippen molar-refractivity contribution < 1.29 is 23.5 Å². The van der Waals surface area contributed by atoms with Gasteiger partial charge in [-0.15, -0.1) is 0 Å². The second-order valence-electron chi connectivity index (χ2n) is 9.51. The number of aromatic amines is 1. The van der Waals surface area contributed by atoms with Gasteiger partial charge in [-0.05, 0) is 50.1 Å². The van der Waals surface area contributed by atoms with E-state index in [1.165, 1.54) is 30.1 Å². The molecule has 3 heterocycles. The standard InChI is InChI=1S/C28H27ClFN7O4/c1-15-18(13-32-37(15)23-8-5-6-19(29)25(23)30)27(39)36-20-7-3-4-9-24(38)34-21-12-16(33-28(40)41-2)10-11-17(21)22-14-31-26(20)35-22/h5-6,8,10-14,20H,3-4,7,9H2,1-2H3,(H,31,35)(H,33,40)(H,34,38)(H,36,39)/t20-/m0/s1. The van der Waals surface area contributed by atoms with Gasteiger partial charge < -0.3 is 20.4 Å². The van der Waals surface area contributed by atoms with E-state index in [2.05, 4.69) is 35.8 Å². The summed E-state index contributed by atoms with van der Waals surface area (Å²) in [6.45, 7) is 1.67. The first-order valence-electron chi connectivity index (χ1n) is 12.9. The number of fused-ring (bicyclic) bond motifs is 4. The van der Waals surface area contributed by atoms with Crippen molar-refractivity contribution in [1.82, 2.24) is 25.1 Å². The van der Waals surface area contributed by atoms with Crippen molar-refractivity contribution in [2.24, 2.45) is 0 Å². The monoisotopic (exact) mass is 579 g/mol. The summed E-state index contributed by atoms with van der Waals surface area (Å²) in [4.78, 5) is 45.6. The van der Waals surface area contributed by atoms with E-state index in [4.69, 9.17) is 11.6 Å². The number of carbonyl (C=O) groups excluding carboxylic acids is 3. The van der Waals surface area contributed by atoms with Gasteiger partial charge in [0.2, 0.25) is 5.91 Å². The van der Waals surface area contributed by atoms with Crippen molar-refractivity contribution in [2.45, 2.75) is 38.6 Å². The van der Waals surface area contributed by atoms with Crippen LogP contribution in [0, 0.1) is 12.7 Å². The number of amides is 3. The fraction of sp³-hybridized carbons (Fsp3) is 0.250. The first-order chi connectivity index (χ1) is 19.7. The van der Waals surface area contributed by atoms with Gasteiger partial charge in [0.25, 0.3) is 5.91 Å². The zero-order valence-electron chi connectivity index (χ0n) is 22.3. The molecule has 41 heavy (non-hydrogen) atoms. The van der Waals surface area contributed by atoms with Gasteiger partial charge in [0.05, 0.1) is 53.2 Å². The van der Waals surface area contributed by atoms with Crippen molar-refractivity contribution in [1.29, 1.82) is 0 Å². The summed E-state index contributed by atoms with van der Waals surface area (Å²) in [7, 11) is 1.26. The summed E-state index contributed by atoms with van der Waals surface area (Å²) in [5.74, 6) is -0.678. The van der Waals surface area contributed by atoms with E-state index in [-0.39, 0.29) is 28.6 Å². The van der Waals surface area contributed by atoms with Crippen LogP contribution in [0.3, 0.4) is 0 Å². The normalized spacial score (nSPS) is 15.1. The lowest BCUT2D eigenvalue weighted by Crippen LogP contribution is -2.30. The van der Waals surface area contributed by atoms with Crippen LogP contribution in [0.4, 0.5) is 20.6 Å². The van der Waals surface area contributed by atoms with E-state index in [1.54, 1.807) is 37.4 Å². The summed E-state index contributed by atoms with van der Waals surface area (Å²) >= 11 is 5.93. The number of ether oxygens (including phenoxy) is 1. The van der Waals surface area contributed by atoms with Crippen LogP contribution in [0.25, 0.3) is 16.9 Å². The zero-order chi connectivity index (χ0) is 29.1. The predicted octanol–water partition coefficient (Wildman–Crippen LogP) is 5.53. The zero-order valence-corrected chi connectivity index (χ0v) is 23.0. The Balaban J connectivity index is 1.43. The van der Waals surface area contributed by atoms with Gasteiger partial charge in [-0.25, -0.2) is 18.9 Å². The van der Waals surface area contributed by atoms with E-state index >= 15 is 0 Å². The Labute approximate surface area is 239 Å². The SMILES string of the molecule is COC(=O)Nc1ccc2c(c1)NC(=O)CCCC[C@H](NC(=O)c1cnn(-c3cccc(Cl)c3F)c1C)c1ncc-2[nH]1. The lowest BCUT2D eigenvalue weighted by Gasteiger charge is -2.18. The fourth-order valence-corrected chi connectivity index (χ4v) is 4.84. The molecule has 3 amide bonds. The largest absolute Gasteiger partial charge is 0.453 e. The molecule has 0 saturated heterocycles. The quantitative estimate of drug-likeness (QED) is 0.250. The van der Waals surface area contributed by atoms with Gasteiger partial charge in [-0.1, -0.05) is 24.1 Å². The van der Waals surface area contributed by atoms with E-state index in [0.717, 1.165) is 0 Å². The minimum atomic E-state index is -0.634. The third-order valence-corrected chi connectivity index (χ3v) is 7.10. The molecule has 11 nitrogen and oxygen atoms in total. The van der Waals surface area contributed by atoms with Crippen molar-refractivity contribution in [3.05, 3.63) is 76.7 Å². The first-order valence-corrected chi connectivity index (χ1v) is 13.3. The van der Waals surface area contributed by atoms with Crippen LogP contribution >= 0.6 is 11.6 Å². The van der Waals surface area contributed by atoms with Gasteiger partial charge in [0.1, 0.15) is 11.5 Å². The van der Waals surface area contributed by atoms with E-state index in [1.807, 2.05) is 0 Å². The predicted molar refractivity (Wildman–Crippen MR) is 151 cm³/mol. The molecular weight excluding hydrogens is 553 g/mol. The molecule has 1 aliphatic heterocycles. The highest BCUT2D eigenvalue weighted by molar-refractivity contribution is 6.30. The molecular formula is C28H27ClFN7O4. The summed E-state index contributed by atoms with van der Waals surface area (Å²) in [6, 6.07) is 9.14. The number of nitrogens with one attached hydrogen (secondary N) is 4. The van der Waals surface area contributed by atoms with Crippen LogP contribution in [0.2, 0.25) is 5.02 Å². The summed E-state index contributed by atoms with van der Waals surface area (Å²) in [5.41, 5.74) is 3.05. The highest BCUT2D eigenvalue weighted by atomic mass is 35.5. The molecule has 0 aliphatic carbocycles. The number of imidazole rings is 1. The van der Waals surface area contributed by atoms with Gasteiger partial charge in [0, 0.05) is 17.7 Å². The maximum Gasteiger partial charge on any atom is 0.411 e. The number of halogens is 2. The molecule has 2 aromatic carbocycles. The molecule has 2 aromatic heterocycles. The van der Waals surface area contributed by atoms with E-state index < -0.39 is 23.9 Å². The molecule has 4 aromatic rings. The number of benzene rings is 2. The van der Waals surface area contributed by atoms with E-state index in [0.29, 0.717) is 53.4 Å². The van der Waals surface area contributed by atoms with Crippen LogP contribution in [0.15, 0.2) is 48.8 Å². The number of anilines is 2. The maximum atomic E-state index is 14.6. The summed E-state index contributed by atoms with van der Waals surface area (Å²) in [5, 5.41) is 12.7. The highest BCUT2D eigenvalue weighted by Crippen LogP contribution is 2.32. The Bertz CT molecular complexity index is 1630. The number of rotatable bonds is 4. The average molecular weight is 580 g/mol. The van der Waals surface area contributed by atoms with Crippen LogP contribution < -0.4 is 16.0 Å². The third kappa shape index (κ3) is 5.92. The number of carbonyl (C=O) groups is 3. The molecule has 2 bridgehead atoms. The Kier molecular flexibility index (Phi) is 8.02. The second kappa shape index (κ2) is 11.8. The van der Waals surface area contributed by atoms with Crippen LogP contribution in [-0.2, 0) is 9.53 Å². The third-order valence-electron chi connectivity index (χ3n) is 6.81. The molecule has 5 rings (SSSR count). The number of aromatic nitrogens is 4. The Morgan fingerprint density at radius 1 is 1.20 bits per heavy atom. The fourth-order valence-electron chi connectivity index (χ4n) is 4.67. The van der Waals surface area contributed by atoms with Crippen LogP contribution in [-0.4, -0.2) is 44.8 Å². The number of hydrogen-bond donors (Lipinski definition) is 4. The number of methoxy groups -OCH3 is 1. The number of nitrogens with zero attached hydrogens (tertiary/aromatic N) is 3. The van der Waals surface area contributed by atoms with Crippen molar-refractivity contribution >= 4 is 40.9 Å². The Morgan fingerprint density at radius 3 is 2.83 bits per heavy atom. The summed E-state index contributed by atoms with van der Waals surface area (Å²) in [6.07, 6.45) is 4.38. The molecule has 1 aliphatic rings. The van der Waals surface area contributed by atoms with Crippen LogP contribution in [0.5, 0.6) is 0 Å². The molecule has 0 unspecified atom stereocenters. The van der Waals surface area contributed by atoms with Gasteiger partial charge in [-0.2, -0.15) is 5.10 Å². The molecule has 13 heteroatoms. The minimum Gasteiger partial charge on any atom is -0.453 e. The molecule has 1 atom stereocenters. The smallest absolute Gasteiger partial charge is 0.411 e. The molecule has 212 valence electrons. The van der Waals surface area contributed by atoms with Gasteiger partial charge >= 0.3 is 6.09 Å². The Morgan fingerprint density at radius 2 is 2.02 bits per heavy atom. The molecule has 0 spiro atoms. The maximum absolute atomic E-state index is 14.6. The average Bonchev–Trinajstić information content (AvgIpc) is 3.59. The number of hydrogen-bond acceptors (Lipinski definition) is 6. The first kappa shape index (κ1) is 27.8. The molecule has 0 radical (unpaired) electrons. The summed E-state index contributed by atoms with van der Waals surface area (Å²) < 4.78 is 20.6. The minimum absolute atomic E-state index is 0.0449. The lowest BCUT2D eigenvalue weighted by molar-refractivity contribution is -0.116. The lowest BCUT2D eigenvalue weighted by atomic mass is 10.1. The Hall–Kier alpha value is -4.71. The molecule has 0 fully saturated rings. The molecule has 0 saturated carbocycles. The second-order valence-corrected chi connectivity index (χ2v) is 9.91. The van der Waals surface area contributed by atoms with Crippen molar-refractivity contribution in [2.75, 3.05) is 17.7 Å².